The smallest absolute Gasteiger partial charge is 0.105 e. The van der Waals surface area contributed by atoms with Crippen molar-refractivity contribution in [1.29, 1.82) is 0 Å². The van der Waals surface area contributed by atoms with Gasteiger partial charge in [0, 0.05) is 17.6 Å². The van der Waals surface area contributed by atoms with E-state index in [1.54, 1.807) is 6.92 Å². The summed E-state index contributed by atoms with van der Waals surface area (Å²) in [5.41, 5.74) is 0.874. The van der Waals surface area contributed by atoms with Crippen LogP contribution in [0.3, 0.4) is 0 Å². The standard InChI is InChI=1S/C12H21NO2/c1-8-6-11(9(2)15-8)7-13-12(4,5)10(3)14/h6,10,13-14H,7H2,1-5H3. The Morgan fingerprint density at radius 1 is 1.47 bits per heavy atom. The zero-order valence-corrected chi connectivity index (χ0v) is 10.2. The second-order valence-corrected chi connectivity index (χ2v) is 4.69. The summed E-state index contributed by atoms with van der Waals surface area (Å²) >= 11 is 0. The van der Waals surface area contributed by atoms with Gasteiger partial charge in [-0.3, -0.25) is 0 Å². The minimum absolute atomic E-state index is 0.280. The first kappa shape index (κ1) is 12.3. The van der Waals surface area contributed by atoms with Crippen molar-refractivity contribution >= 4 is 0 Å². The highest BCUT2D eigenvalue weighted by atomic mass is 16.3. The molecule has 1 atom stereocenters. The van der Waals surface area contributed by atoms with Crippen LogP contribution in [0.1, 0.15) is 37.9 Å². The van der Waals surface area contributed by atoms with E-state index in [1.165, 1.54) is 0 Å². The molecule has 1 unspecified atom stereocenters. The van der Waals surface area contributed by atoms with Crippen LogP contribution in [0.25, 0.3) is 0 Å². The maximum atomic E-state index is 9.55. The van der Waals surface area contributed by atoms with Crippen molar-refractivity contribution in [2.75, 3.05) is 0 Å². The molecule has 0 fully saturated rings. The quantitative estimate of drug-likeness (QED) is 0.802. The van der Waals surface area contributed by atoms with E-state index in [9.17, 15) is 5.11 Å². The van der Waals surface area contributed by atoms with Gasteiger partial charge in [0.25, 0.3) is 0 Å². The van der Waals surface area contributed by atoms with Gasteiger partial charge in [-0.05, 0) is 40.7 Å². The molecule has 1 aromatic heterocycles. The Bertz CT molecular complexity index is 326. The monoisotopic (exact) mass is 211 g/mol. The van der Waals surface area contributed by atoms with Gasteiger partial charge in [0.05, 0.1) is 6.10 Å². The van der Waals surface area contributed by atoms with Crippen LogP contribution in [0.2, 0.25) is 0 Å². The first-order valence-corrected chi connectivity index (χ1v) is 5.32. The van der Waals surface area contributed by atoms with E-state index < -0.39 is 0 Å². The summed E-state index contributed by atoms with van der Waals surface area (Å²) in [6.07, 6.45) is -0.384. The molecule has 0 bridgehead atoms. The Labute approximate surface area is 91.5 Å². The third-order valence-electron chi connectivity index (χ3n) is 2.92. The van der Waals surface area contributed by atoms with Crippen molar-refractivity contribution in [2.45, 2.75) is 52.8 Å². The number of aliphatic hydroxyl groups excluding tert-OH is 1. The third kappa shape index (κ3) is 3.08. The molecule has 1 rings (SSSR count). The zero-order chi connectivity index (χ0) is 11.6. The topological polar surface area (TPSA) is 45.4 Å². The Hall–Kier alpha value is -0.800. The van der Waals surface area contributed by atoms with Crippen LogP contribution in [-0.2, 0) is 6.54 Å². The second kappa shape index (κ2) is 4.37. The molecule has 0 saturated heterocycles. The van der Waals surface area contributed by atoms with Gasteiger partial charge in [0.2, 0.25) is 0 Å². The highest BCUT2D eigenvalue weighted by molar-refractivity contribution is 5.20. The molecule has 0 aliphatic rings. The maximum Gasteiger partial charge on any atom is 0.105 e. The van der Waals surface area contributed by atoms with E-state index in [4.69, 9.17) is 4.42 Å². The number of furan rings is 1. The van der Waals surface area contributed by atoms with Crippen molar-refractivity contribution in [1.82, 2.24) is 5.32 Å². The van der Waals surface area contributed by atoms with Crippen LogP contribution in [0.5, 0.6) is 0 Å². The van der Waals surface area contributed by atoms with Gasteiger partial charge in [-0.1, -0.05) is 0 Å². The number of nitrogens with one attached hydrogen (secondary N) is 1. The average Bonchev–Trinajstić information content (AvgIpc) is 2.41. The maximum absolute atomic E-state index is 9.55. The number of hydrogen-bond acceptors (Lipinski definition) is 3. The summed E-state index contributed by atoms with van der Waals surface area (Å²) in [4.78, 5) is 0. The van der Waals surface area contributed by atoms with E-state index >= 15 is 0 Å². The Morgan fingerprint density at radius 2 is 2.07 bits per heavy atom. The van der Waals surface area contributed by atoms with Gasteiger partial charge in [-0.2, -0.15) is 0 Å². The number of aryl methyl sites for hydroxylation is 2. The minimum atomic E-state index is -0.384. The fraction of sp³-hybridized carbons (Fsp3) is 0.667. The molecule has 0 saturated carbocycles. The predicted octanol–water partition coefficient (Wildman–Crippen LogP) is 2.15. The summed E-state index contributed by atoms with van der Waals surface area (Å²) in [5.74, 6) is 1.88. The summed E-state index contributed by atoms with van der Waals surface area (Å²) < 4.78 is 5.44. The lowest BCUT2D eigenvalue weighted by Crippen LogP contribution is -2.47. The highest BCUT2D eigenvalue weighted by Gasteiger charge is 2.23. The summed E-state index contributed by atoms with van der Waals surface area (Å²) in [5, 5.41) is 12.9. The molecule has 3 heteroatoms. The molecule has 2 N–H and O–H groups in total. The largest absolute Gasteiger partial charge is 0.466 e. The predicted molar refractivity (Wildman–Crippen MR) is 60.8 cm³/mol. The Balaban J connectivity index is 2.61. The molecule has 3 nitrogen and oxygen atoms in total. The first-order chi connectivity index (χ1) is 6.83. The number of aliphatic hydroxyl groups is 1. The summed E-state index contributed by atoms with van der Waals surface area (Å²) in [7, 11) is 0. The van der Waals surface area contributed by atoms with Crippen LogP contribution in [-0.4, -0.2) is 16.7 Å². The van der Waals surface area contributed by atoms with Gasteiger partial charge >= 0.3 is 0 Å². The minimum Gasteiger partial charge on any atom is -0.466 e. The highest BCUT2D eigenvalue weighted by Crippen LogP contribution is 2.16. The number of rotatable bonds is 4. The fourth-order valence-corrected chi connectivity index (χ4v) is 1.33. The molecule has 0 amide bonds. The van der Waals surface area contributed by atoms with Crippen molar-refractivity contribution in [3.63, 3.8) is 0 Å². The SMILES string of the molecule is Cc1cc(CNC(C)(C)C(C)O)c(C)o1. The molecule has 1 heterocycles. The van der Waals surface area contributed by atoms with Gasteiger partial charge < -0.3 is 14.8 Å². The van der Waals surface area contributed by atoms with Crippen molar-refractivity contribution in [2.24, 2.45) is 0 Å². The second-order valence-electron chi connectivity index (χ2n) is 4.69. The molecule has 86 valence electrons. The van der Waals surface area contributed by atoms with E-state index in [2.05, 4.69) is 5.32 Å². The van der Waals surface area contributed by atoms with E-state index in [0.717, 1.165) is 23.6 Å². The molecule has 0 aromatic carbocycles. The van der Waals surface area contributed by atoms with Gasteiger partial charge in [0.15, 0.2) is 0 Å². The molecular formula is C12H21NO2. The molecule has 0 aliphatic carbocycles. The van der Waals surface area contributed by atoms with E-state index in [-0.39, 0.29) is 11.6 Å². The van der Waals surface area contributed by atoms with Gasteiger partial charge in [-0.15, -0.1) is 0 Å². The Kier molecular flexibility index (Phi) is 3.58. The van der Waals surface area contributed by atoms with Crippen LogP contribution in [0, 0.1) is 13.8 Å². The Morgan fingerprint density at radius 3 is 2.47 bits per heavy atom. The van der Waals surface area contributed by atoms with Crippen molar-refractivity contribution < 1.29 is 9.52 Å². The van der Waals surface area contributed by atoms with Gasteiger partial charge in [-0.25, -0.2) is 0 Å². The molecule has 0 spiro atoms. The van der Waals surface area contributed by atoms with E-state index in [1.807, 2.05) is 33.8 Å². The van der Waals surface area contributed by atoms with E-state index in [0.29, 0.717) is 0 Å². The van der Waals surface area contributed by atoms with Crippen LogP contribution >= 0.6 is 0 Å². The van der Waals surface area contributed by atoms with Crippen LogP contribution < -0.4 is 5.32 Å². The molecule has 0 radical (unpaired) electrons. The molecular weight excluding hydrogens is 190 g/mol. The molecule has 0 aliphatic heterocycles. The zero-order valence-electron chi connectivity index (χ0n) is 10.2. The van der Waals surface area contributed by atoms with Crippen molar-refractivity contribution in [3.8, 4) is 0 Å². The third-order valence-corrected chi connectivity index (χ3v) is 2.92. The number of hydrogen-bond donors (Lipinski definition) is 2. The summed E-state index contributed by atoms with van der Waals surface area (Å²) in [6, 6.07) is 2.03. The molecule has 15 heavy (non-hydrogen) atoms. The average molecular weight is 211 g/mol. The summed E-state index contributed by atoms with van der Waals surface area (Å²) in [6.45, 7) is 10.4. The lowest BCUT2D eigenvalue weighted by molar-refractivity contribution is 0.0955. The van der Waals surface area contributed by atoms with Gasteiger partial charge in [0.1, 0.15) is 11.5 Å². The van der Waals surface area contributed by atoms with Crippen LogP contribution in [0.15, 0.2) is 10.5 Å². The molecule has 1 aromatic rings. The lowest BCUT2D eigenvalue weighted by atomic mass is 9.98. The normalized spacial score (nSPS) is 14.3. The fourth-order valence-electron chi connectivity index (χ4n) is 1.33. The van der Waals surface area contributed by atoms with Crippen molar-refractivity contribution in [3.05, 3.63) is 23.2 Å². The first-order valence-electron chi connectivity index (χ1n) is 5.32. The lowest BCUT2D eigenvalue weighted by Gasteiger charge is -2.29. The van der Waals surface area contributed by atoms with Crippen LogP contribution in [0.4, 0.5) is 0 Å².